The van der Waals surface area contributed by atoms with E-state index in [2.05, 4.69) is 9.47 Å². The average Bonchev–Trinajstić information content (AvgIpc) is 2.69. The predicted molar refractivity (Wildman–Crippen MR) is 95.9 cm³/mol. The Morgan fingerprint density at radius 3 is 1.81 bits per heavy atom. The highest BCUT2D eigenvalue weighted by atomic mass is 32.2. The van der Waals surface area contributed by atoms with Gasteiger partial charge in [0.2, 0.25) is 0 Å². The van der Waals surface area contributed by atoms with E-state index in [1.54, 1.807) is 0 Å². The van der Waals surface area contributed by atoms with Gasteiger partial charge in [-0.05, 0) is 50.4 Å². The van der Waals surface area contributed by atoms with E-state index in [0.717, 1.165) is 0 Å². The largest absolute Gasteiger partial charge is 0.477 e. The van der Waals surface area contributed by atoms with E-state index >= 15 is 0 Å². The van der Waals surface area contributed by atoms with Gasteiger partial charge in [0.05, 0.1) is 6.61 Å². The molecule has 0 aromatic heterocycles. The summed E-state index contributed by atoms with van der Waals surface area (Å²) in [5, 5.41) is 2.88. The number of carboxylic acid groups (broad SMARTS) is 1. The number of alkyl halides is 8. The summed E-state index contributed by atoms with van der Waals surface area (Å²) in [5.74, 6) is -29.6. The molecule has 4 aliphatic carbocycles. The number of carbonyl (C=O) groups excluding carboxylic acids is 2. The summed E-state index contributed by atoms with van der Waals surface area (Å²) in [5.41, 5.74) is -3.32. The van der Waals surface area contributed by atoms with E-state index in [9.17, 15) is 57.9 Å². The Bertz CT molecular complexity index is 1060. The van der Waals surface area contributed by atoms with Crippen LogP contribution in [0.1, 0.15) is 38.5 Å². The topological polar surface area (TPSA) is 144 Å². The lowest BCUT2D eigenvalue weighted by molar-refractivity contribution is -0.307. The second kappa shape index (κ2) is 8.13. The van der Waals surface area contributed by atoms with E-state index in [1.165, 1.54) is 0 Å². The van der Waals surface area contributed by atoms with E-state index in [-0.39, 0.29) is 25.7 Å². The monoisotopic (exact) mass is 562 g/mol. The molecule has 0 radical (unpaired) electrons. The Hall–Kier alpha value is -2.24. The summed E-state index contributed by atoms with van der Waals surface area (Å²) in [6, 6.07) is 0. The lowest BCUT2D eigenvalue weighted by Crippen LogP contribution is -2.64. The van der Waals surface area contributed by atoms with E-state index in [4.69, 9.17) is 9.66 Å². The van der Waals surface area contributed by atoms with E-state index in [1.807, 2.05) is 0 Å². The van der Waals surface area contributed by atoms with Crippen LogP contribution in [0.3, 0.4) is 0 Å². The second-order valence-corrected chi connectivity index (χ2v) is 11.1. The fourth-order valence-electron chi connectivity index (χ4n) is 5.78. The molecule has 4 saturated carbocycles. The maximum Gasteiger partial charge on any atom is 0.465 e. The highest BCUT2D eigenvalue weighted by Crippen LogP contribution is 2.63. The third kappa shape index (κ3) is 4.28. The number of aliphatic carboxylic acids is 1. The molecule has 0 saturated heterocycles. The predicted octanol–water partition coefficient (Wildman–Crippen LogP) is 2.88. The molecular weight excluding hydrogens is 544 g/mol. The van der Waals surface area contributed by atoms with Crippen LogP contribution in [0.4, 0.5) is 35.1 Å². The van der Waals surface area contributed by atoms with Gasteiger partial charge in [-0.2, -0.15) is 43.5 Å². The molecule has 4 bridgehead atoms. The standard InChI is InChI=1S/C18H18F8O9S/c19-15(20,10(27)28)18(25,26)16(21,22)11(29)35-14-4-8-1-9(5-14)3-13(2-8,6-14)7-34-12(30)17(23,24)36(31,32)33/h8-9H,1-7H2,(H,27,28)(H,31,32,33). The number of hydrogen-bond donors (Lipinski definition) is 2. The number of carboxylic acids is 1. The number of ether oxygens (including phenoxy) is 2. The van der Waals surface area contributed by atoms with Crippen molar-refractivity contribution in [1.29, 1.82) is 0 Å². The van der Waals surface area contributed by atoms with Crippen molar-refractivity contribution in [3.63, 3.8) is 0 Å². The van der Waals surface area contributed by atoms with Crippen LogP contribution in [0.2, 0.25) is 0 Å². The summed E-state index contributed by atoms with van der Waals surface area (Å²) < 4.78 is 148. The zero-order valence-electron chi connectivity index (χ0n) is 17.8. The van der Waals surface area contributed by atoms with Gasteiger partial charge in [0.15, 0.2) is 0 Å². The molecule has 2 unspecified atom stereocenters. The van der Waals surface area contributed by atoms with E-state index in [0.29, 0.717) is 6.42 Å². The minimum Gasteiger partial charge on any atom is -0.477 e. The minimum absolute atomic E-state index is 0.0944. The normalized spacial score (nSPS) is 30.7. The van der Waals surface area contributed by atoms with Crippen LogP contribution in [0.15, 0.2) is 0 Å². The third-order valence-corrected chi connectivity index (χ3v) is 7.64. The zero-order chi connectivity index (χ0) is 27.8. The van der Waals surface area contributed by atoms with Crippen molar-refractivity contribution in [1.82, 2.24) is 0 Å². The molecule has 4 aliphatic rings. The van der Waals surface area contributed by atoms with Crippen LogP contribution in [0, 0.1) is 17.3 Å². The van der Waals surface area contributed by atoms with Crippen molar-refractivity contribution in [2.45, 2.75) is 67.1 Å². The average molecular weight is 562 g/mol. The summed E-state index contributed by atoms with van der Waals surface area (Å²) >= 11 is 0. The first kappa shape index (κ1) is 28.3. The summed E-state index contributed by atoms with van der Waals surface area (Å²) in [4.78, 5) is 34.0. The number of hydrogen-bond acceptors (Lipinski definition) is 7. The molecule has 0 aromatic rings. The Balaban J connectivity index is 1.82. The lowest BCUT2D eigenvalue weighted by Gasteiger charge is -2.61. The van der Waals surface area contributed by atoms with Crippen LogP contribution >= 0.6 is 0 Å². The number of halogens is 8. The molecule has 2 N–H and O–H groups in total. The second-order valence-electron chi connectivity index (χ2n) is 9.63. The molecule has 4 fully saturated rings. The SMILES string of the molecule is O=C(O)C(F)(F)C(F)(F)C(F)(F)C(=O)OC12CC3CC(CC(COC(=O)C(F)(F)S(=O)(=O)O)(C3)C1)C2. The molecule has 4 rings (SSSR count). The van der Waals surface area contributed by atoms with E-state index < -0.39 is 86.9 Å². The van der Waals surface area contributed by atoms with Gasteiger partial charge in [-0.3, -0.25) is 4.55 Å². The Morgan fingerprint density at radius 2 is 1.36 bits per heavy atom. The van der Waals surface area contributed by atoms with Crippen molar-refractivity contribution in [3.05, 3.63) is 0 Å². The van der Waals surface area contributed by atoms with Crippen molar-refractivity contribution in [2.75, 3.05) is 6.61 Å². The summed E-state index contributed by atoms with van der Waals surface area (Å²) in [7, 11) is -6.19. The fourth-order valence-corrected chi connectivity index (χ4v) is 6.05. The molecule has 0 aliphatic heterocycles. The van der Waals surface area contributed by atoms with Gasteiger partial charge in [-0.15, -0.1) is 0 Å². The van der Waals surface area contributed by atoms with Gasteiger partial charge >= 0.3 is 51.0 Å². The lowest BCUT2D eigenvalue weighted by atomic mass is 9.48. The van der Waals surface area contributed by atoms with Crippen LogP contribution in [-0.2, 0) is 34.0 Å². The molecule has 0 heterocycles. The maximum absolute atomic E-state index is 14.1. The van der Waals surface area contributed by atoms with Crippen LogP contribution in [0.5, 0.6) is 0 Å². The first-order valence-electron chi connectivity index (χ1n) is 10.1. The first-order valence-corrected chi connectivity index (χ1v) is 11.6. The molecule has 0 spiro atoms. The number of esters is 2. The molecule has 0 amide bonds. The van der Waals surface area contributed by atoms with Crippen LogP contribution in [-0.4, -0.2) is 71.2 Å². The molecule has 0 aromatic carbocycles. The first-order chi connectivity index (χ1) is 16.0. The Morgan fingerprint density at radius 1 is 0.861 bits per heavy atom. The minimum atomic E-state index is -6.68. The smallest absolute Gasteiger partial charge is 0.465 e. The quantitative estimate of drug-likeness (QED) is 0.246. The Labute approximate surface area is 196 Å². The molecule has 36 heavy (non-hydrogen) atoms. The summed E-state index contributed by atoms with van der Waals surface area (Å²) in [6.07, 6.45) is -0.333. The van der Waals surface area contributed by atoms with Gasteiger partial charge in [-0.25, -0.2) is 14.4 Å². The highest BCUT2D eigenvalue weighted by Gasteiger charge is 2.79. The fraction of sp³-hybridized carbons (Fsp3) is 0.833. The maximum atomic E-state index is 14.1. The van der Waals surface area contributed by atoms with Gasteiger partial charge in [0.1, 0.15) is 5.60 Å². The summed E-state index contributed by atoms with van der Waals surface area (Å²) in [6.45, 7) is -0.938. The van der Waals surface area contributed by atoms with Crippen LogP contribution in [0.25, 0.3) is 0 Å². The molecule has 206 valence electrons. The van der Waals surface area contributed by atoms with Crippen molar-refractivity contribution in [3.8, 4) is 0 Å². The Kier molecular flexibility index (Phi) is 6.40. The molecule has 18 heteroatoms. The van der Waals surface area contributed by atoms with Crippen molar-refractivity contribution < 1.29 is 77.1 Å². The van der Waals surface area contributed by atoms with Gasteiger partial charge in [0.25, 0.3) is 0 Å². The number of carbonyl (C=O) groups is 3. The molecule has 2 atom stereocenters. The van der Waals surface area contributed by atoms with Gasteiger partial charge in [0, 0.05) is 5.41 Å². The van der Waals surface area contributed by atoms with Gasteiger partial charge in [-0.1, -0.05) is 0 Å². The van der Waals surface area contributed by atoms with Crippen molar-refractivity contribution >= 4 is 28.0 Å². The molecule has 9 nitrogen and oxygen atoms in total. The molecular formula is C18H18F8O9S. The van der Waals surface area contributed by atoms with Crippen molar-refractivity contribution in [2.24, 2.45) is 17.3 Å². The van der Waals surface area contributed by atoms with Gasteiger partial charge < -0.3 is 14.6 Å². The number of rotatable bonds is 9. The highest BCUT2D eigenvalue weighted by molar-refractivity contribution is 7.87. The third-order valence-electron chi connectivity index (χ3n) is 6.82. The van der Waals surface area contributed by atoms with Crippen LogP contribution < -0.4 is 0 Å². The zero-order valence-corrected chi connectivity index (χ0v) is 18.6.